The Labute approximate surface area is 125 Å². The molecule has 6 heteroatoms. The molecular weight excluding hydrogens is 274 g/mol. The van der Waals surface area contributed by atoms with Crippen LogP contribution in [0.2, 0.25) is 0 Å². The Hall–Kier alpha value is -0.170. The average molecular weight is 308 g/mol. The molecule has 0 aromatic carbocycles. The normalized spacial score (nSPS) is 12.8. The van der Waals surface area contributed by atoms with Crippen LogP contribution in [0.3, 0.4) is 0 Å². The van der Waals surface area contributed by atoms with Gasteiger partial charge in [0.25, 0.3) is 10.2 Å². The van der Waals surface area contributed by atoms with Crippen LogP contribution in [-0.2, 0) is 10.2 Å². The molecular formula is C14H33N3O2S. The summed E-state index contributed by atoms with van der Waals surface area (Å²) in [6.07, 6.45) is 3.42. The minimum absolute atomic E-state index is 0.472. The van der Waals surface area contributed by atoms with Crippen LogP contribution in [0.4, 0.5) is 0 Å². The molecule has 0 aliphatic carbocycles. The standard InChI is InChI=1S/C14H33N3O2S/c1-13(2)7-11-17(12-8-14(3)4)20(18,19)16-10-6-5-9-15/h13-14,16H,5-12,15H2,1-4H3. The molecule has 0 spiro atoms. The zero-order chi connectivity index (χ0) is 15.6. The van der Waals surface area contributed by atoms with Crippen molar-refractivity contribution in [3.05, 3.63) is 0 Å². The van der Waals surface area contributed by atoms with E-state index in [0.717, 1.165) is 25.7 Å². The molecule has 0 bridgehead atoms. The van der Waals surface area contributed by atoms with Crippen LogP contribution in [0.1, 0.15) is 53.4 Å². The number of unbranched alkanes of at least 4 members (excludes halogenated alkanes) is 1. The van der Waals surface area contributed by atoms with Crippen LogP contribution in [-0.4, -0.2) is 38.9 Å². The SMILES string of the molecule is CC(C)CCN(CCC(C)C)S(=O)(=O)NCCCCN. The zero-order valence-electron chi connectivity index (χ0n) is 13.6. The van der Waals surface area contributed by atoms with Crippen LogP contribution in [0.15, 0.2) is 0 Å². The topological polar surface area (TPSA) is 75.4 Å². The lowest BCUT2D eigenvalue weighted by Crippen LogP contribution is -2.42. The second-order valence-corrected chi connectivity index (χ2v) is 7.91. The van der Waals surface area contributed by atoms with Crippen molar-refractivity contribution in [2.24, 2.45) is 17.6 Å². The Kier molecular flexibility index (Phi) is 10.5. The predicted octanol–water partition coefficient (Wildman–Crippen LogP) is 1.95. The Morgan fingerprint density at radius 3 is 1.90 bits per heavy atom. The molecule has 5 nitrogen and oxygen atoms in total. The fourth-order valence-corrected chi connectivity index (χ4v) is 2.99. The summed E-state index contributed by atoms with van der Waals surface area (Å²) in [5, 5.41) is 0. The van der Waals surface area contributed by atoms with Crippen molar-refractivity contribution in [3.8, 4) is 0 Å². The lowest BCUT2D eigenvalue weighted by atomic mass is 10.1. The van der Waals surface area contributed by atoms with E-state index in [9.17, 15) is 8.42 Å². The van der Waals surface area contributed by atoms with Crippen molar-refractivity contribution in [1.82, 2.24) is 9.03 Å². The Morgan fingerprint density at radius 1 is 1.00 bits per heavy atom. The van der Waals surface area contributed by atoms with E-state index < -0.39 is 10.2 Å². The van der Waals surface area contributed by atoms with Gasteiger partial charge >= 0.3 is 0 Å². The van der Waals surface area contributed by atoms with Crippen molar-refractivity contribution in [2.75, 3.05) is 26.2 Å². The first-order valence-electron chi connectivity index (χ1n) is 7.74. The second kappa shape index (κ2) is 10.5. The lowest BCUT2D eigenvalue weighted by molar-refractivity contribution is 0.352. The summed E-state index contributed by atoms with van der Waals surface area (Å²) in [6, 6.07) is 0. The molecule has 3 N–H and O–H groups in total. The molecule has 0 atom stereocenters. The first-order chi connectivity index (χ1) is 9.29. The number of hydrogen-bond donors (Lipinski definition) is 2. The molecule has 0 aromatic rings. The van der Waals surface area contributed by atoms with Crippen molar-refractivity contribution in [3.63, 3.8) is 0 Å². The summed E-state index contributed by atoms with van der Waals surface area (Å²) in [5.41, 5.74) is 5.41. The number of nitrogens with zero attached hydrogens (tertiary/aromatic N) is 1. The monoisotopic (exact) mass is 307 g/mol. The van der Waals surface area contributed by atoms with Crippen LogP contribution in [0, 0.1) is 11.8 Å². The third-order valence-corrected chi connectivity index (χ3v) is 4.78. The molecule has 0 heterocycles. The number of nitrogens with two attached hydrogens (primary N) is 1. The predicted molar refractivity (Wildman–Crippen MR) is 85.7 cm³/mol. The van der Waals surface area contributed by atoms with E-state index >= 15 is 0 Å². The van der Waals surface area contributed by atoms with Crippen LogP contribution >= 0.6 is 0 Å². The van der Waals surface area contributed by atoms with Gasteiger partial charge in [0.2, 0.25) is 0 Å². The van der Waals surface area contributed by atoms with Gasteiger partial charge in [-0.2, -0.15) is 12.7 Å². The van der Waals surface area contributed by atoms with E-state index in [-0.39, 0.29) is 0 Å². The maximum Gasteiger partial charge on any atom is 0.279 e. The lowest BCUT2D eigenvalue weighted by Gasteiger charge is -2.24. The van der Waals surface area contributed by atoms with Gasteiger partial charge in [0, 0.05) is 19.6 Å². The van der Waals surface area contributed by atoms with E-state index in [1.54, 1.807) is 4.31 Å². The van der Waals surface area contributed by atoms with E-state index in [1.165, 1.54) is 0 Å². The maximum atomic E-state index is 12.3. The van der Waals surface area contributed by atoms with Crippen molar-refractivity contribution >= 4 is 10.2 Å². The van der Waals surface area contributed by atoms with Gasteiger partial charge in [-0.05, 0) is 44.1 Å². The molecule has 0 aliphatic heterocycles. The van der Waals surface area contributed by atoms with Crippen LogP contribution < -0.4 is 10.5 Å². The summed E-state index contributed by atoms with van der Waals surface area (Å²) in [7, 11) is -3.35. The van der Waals surface area contributed by atoms with Gasteiger partial charge in [-0.1, -0.05) is 27.7 Å². The van der Waals surface area contributed by atoms with Crippen molar-refractivity contribution in [2.45, 2.75) is 53.4 Å². The van der Waals surface area contributed by atoms with Gasteiger partial charge in [0.15, 0.2) is 0 Å². The summed E-state index contributed by atoms with van der Waals surface area (Å²) in [4.78, 5) is 0. The summed E-state index contributed by atoms with van der Waals surface area (Å²) in [6.45, 7) is 10.7. The highest BCUT2D eigenvalue weighted by Crippen LogP contribution is 2.09. The van der Waals surface area contributed by atoms with Gasteiger partial charge in [0.05, 0.1) is 0 Å². The third kappa shape index (κ3) is 9.69. The average Bonchev–Trinajstić information content (AvgIpc) is 2.33. The number of rotatable bonds is 12. The largest absolute Gasteiger partial charge is 0.330 e. The fraction of sp³-hybridized carbons (Fsp3) is 1.00. The molecule has 122 valence electrons. The van der Waals surface area contributed by atoms with Gasteiger partial charge in [-0.3, -0.25) is 0 Å². The number of hydrogen-bond acceptors (Lipinski definition) is 3. The van der Waals surface area contributed by atoms with Crippen molar-refractivity contribution in [1.29, 1.82) is 0 Å². The smallest absolute Gasteiger partial charge is 0.279 e. The first kappa shape index (κ1) is 19.8. The Bertz CT molecular complexity index is 317. The highest BCUT2D eigenvalue weighted by atomic mass is 32.2. The molecule has 0 saturated carbocycles. The molecule has 0 radical (unpaired) electrons. The van der Waals surface area contributed by atoms with Crippen molar-refractivity contribution < 1.29 is 8.42 Å². The molecule has 20 heavy (non-hydrogen) atoms. The molecule has 0 unspecified atom stereocenters. The van der Waals surface area contributed by atoms with E-state index in [1.807, 2.05) is 0 Å². The summed E-state index contributed by atoms with van der Waals surface area (Å²) in [5.74, 6) is 1.01. The number of nitrogens with one attached hydrogen (secondary N) is 1. The van der Waals surface area contributed by atoms with Gasteiger partial charge < -0.3 is 5.73 Å². The zero-order valence-corrected chi connectivity index (χ0v) is 14.4. The Balaban J connectivity index is 4.45. The van der Waals surface area contributed by atoms with E-state index in [4.69, 9.17) is 5.73 Å². The van der Waals surface area contributed by atoms with Gasteiger partial charge in [-0.25, -0.2) is 4.72 Å². The van der Waals surface area contributed by atoms with Crippen LogP contribution in [0.5, 0.6) is 0 Å². The molecule has 0 aliphatic rings. The minimum Gasteiger partial charge on any atom is -0.330 e. The maximum absolute atomic E-state index is 12.3. The van der Waals surface area contributed by atoms with Gasteiger partial charge in [0.1, 0.15) is 0 Å². The van der Waals surface area contributed by atoms with E-state index in [2.05, 4.69) is 32.4 Å². The molecule has 0 rings (SSSR count). The quantitative estimate of drug-likeness (QED) is 0.541. The van der Waals surface area contributed by atoms with E-state index in [0.29, 0.717) is 38.0 Å². The van der Waals surface area contributed by atoms with Gasteiger partial charge in [-0.15, -0.1) is 0 Å². The van der Waals surface area contributed by atoms with Crippen LogP contribution in [0.25, 0.3) is 0 Å². The summed E-state index contributed by atoms with van der Waals surface area (Å²) >= 11 is 0. The molecule has 0 aromatic heterocycles. The second-order valence-electron chi connectivity index (χ2n) is 6.16. The Morgan fingerprint density at radius 2 is 1.50 bits per heavy atom. The minimum atomic E-state index is -3.35. The first-order valence-corrected chi connectivity index (χ1v) is 9.18. The fourth-order valence-electron chi connectivity index (χ4n) is 1.72. The highest BCUT2D eigenvalue weighted by Gasteiger charge is 2.21. The third-order valence-electron chi connectivity index (χ3n) is 3.17. The highest BCUT2D eigenvalue weighted by molar-refractivity contribution is 7.87. The molecule has 0 saturated heterocycles. The molecule has 0 fully saturated rings. The summed E-state index contributed by atoms with van der Waals surface area (Å²) < 4.78 is 28.9. The molecule has 0 amide bonds.